The van der Waals surface area contributed by atoms with Gasteiger partial charge in [0.25, 0.3) is 0 Å². The molecule has 3 aromatic rings. The van der Waals surface area contributed by atoms with Crippen LogP contribution in [0, 0.1) is 5.92 Å². The zero-order chi connectivity index (χ0) is 22.6. The first kappa shape index (κ1) is 21.1. The fourth-order valence-corrected chi connectivity index (χ4v) is 4.29. The minimum atomic E-state index is -0.00685. The summed E-state index contributed by atoms with van der Waals surface area (Å²) in [5.74, 6) is 2.30. The van der Waals surface area contributed by atoms with Crippen molar-refractivity contribution in [2.45, 2.75) is 32.1 Å². The standard InChI is InChI=1S/C25H25N5O3/c31-21-8-7-20-14-18(16-26-24(20)27-21)6-9-23(32)30-12-10-17(11-13-30)15-22-28-25(29-33-22)19-4-2-1-3-5-19/h1-6,9,14,16-17H,7-8,10-13,15H2,(H,26,27,31)/b9-6+. The van der Waals surface area contributed by atoms with E-state index >= 15 is 0 Å². The third kappa shape index (κ3) is 5.00. The summed E-state index contributed by atoms with van der Waals surface area (Å²) in [4.78, 5) is 34.8. The van der Waals surface area contributed by atoms with Gasteiger partial charge in [-0.3, -0.25) is 9.59 Å². The lowest BCUT2D eigenvalue weighted by Gasteiger charge is -2.30. The molecule has 168 valence electrons. The van der Waals surface area contributed by atoms with Gasteiger partial charge in [-0.05, 0) is 48.4 Å². The molecule has 5 rings (SSSR count). The SMILES string of the molecule is O=C1CCc2cc(/C=C/C(=O)N3CCC(Cc4nc(-c5ccccc5)no4)CC3)cnc2N1. The predicted octanol–water partition coefficient (Wildman–Crippen LogP) is 3.51. The number of carbonyl (C=O) groups excluding carboxylic acids is 2. The number of benzene rings is 1. The second-order valence-corrected chi connectivity index (χ2v) is 8.51. The highest BCUT2D eigenvalue weighted by Gasteiger charge is 2.24. The maximum atomic E-state index is 12.6. The first-order chi connectivity index (χ1) is 16.1. The third-order valence-electron chi connectivity index (χ3n) is 6.17. The molecule has 2 amide bonds. The Bertz CT molecular complexity index is 1180. The van der Waals surface area contributed by atoms with Gasteiger partial charge in [0.1, 0.15) is 5.82 Å². The van der Waals surface area contributed by atoms with Gasteiger partial charge in [0, 0.05) is 43.8 Å². The number of likely N-dealkylation sites (tertiary alicyclic amines) is 1. The number of amides is 2. The Hall–Kier alpha value is -3.81. The number of aromatic nitrogens is 3. The van der Waals surface area contributed by atoms with Gasteiger partial charge in [0.2, 0.25) is 23.5 Å². The Morgan fingerprint density at radius 1 is 1.18 bits per heavy atom. The molecule has 1 aromatic carbocycles. The van der Waals surface area contributed by atoms with Gasteiger partial charge in [0.05, 0.1) is 0 Å². The number of fused-ring (bicyclic) bond motifs is 1. The van der Waals surface area contributed by atoms with Crippen LogP contribution in [0.15, 0.2) is 53.2 Å². The largest absolute Gasteiger partial charge is 0.339 e. The zero-order valence-corrected chi connectivity index (χ0v) is 18.2. The van der Waals surface area contributed by atoms with Crippen molar-refractivity contribution in [3.63, 3.8) is 0 Å². The average molecular weight is 444 g/mol. The first-order valence-electron chi connectivity index (χ1n) is 11.3. The van der Waals surface area contributed by atoms with Gasteiger partial charge >= 0.3 is 0 Å². The fourth-order valence-electron chi connectivity index (χ4n) is 4.29. The van der Waals surface area contributed by atoms with Crippen LogP contribution in [0.4, 0.5) is 5.82 Å². The van der Waals surface area contributed by atoms with Crippen molar-refractivity contribution in [2.75, 3.05) is 18.4 Å². The van der Waals surface area contributed by atoms with Crippen molar-refractivity contribution in [3.8, 4) is 11.4 Å². The molecule has 8 nitrogen and oxygen atoms in total. The zero-order valence-electron chi connectivity index (χ0n) is 18.2. The predicted molar refractivity (Wildman–Crippen MR) is 123 cm³/mol. The van der Waals surface area contributed by atoms with E-state index in [9.17, 15) is 9.59 Å². The van der Waals surface area contributed by atoms with Gasteiger partial charge in [-0.1, -0.05) is 35.5 Å². The molecular formula is C25H25N5O3. The molecule has 2 aromatic heterocycles. The highest BCUT2D eigenvalue weighted by atomic mass is 16.5. The van der Waals surface area contributed by atoms with Crippen molar-refractivity contribution in [1.29, 1.82) is 0 Å². The van der Waals surface area contributed by atoms with E-state index in [1.165, 1.54) is 0 Å². The number of nitrogens with one attached hydrogen (secondary N) is 1. The van der Waals surface area contributed by atoms with E-state index in [1.807, 2.05) is 41.3 Å². The van der Waals surface area contributed by atoms with Gasteiger partial charge in [-0.15, -0.1) is 0 Å². The van der Waals surface area contributed by atoms with Gasteiger partial charge in [-0.2, -0.15) is 4.98 Å². The van der Waals surface area contributed by atoms with Crippen molar-refractivity contribution < 1.29 is 14.1 Å². The molecule has 33 heavy (non-hydrogen) atoms. The number of nitrogens with zero attached hydrogens (tertiary/aromatic N) is 4. The maximum absolute atomic E-state index is 12.6. The molecule has 2 aliphatic heterocycles. The van der Waals surface area contributed by atoms with Crippen LogP contribution in [0.3, 0.4) is 0 Å². The van der Waals surface area contributed by atoms with E-state index in [0.29, 0.717) is 49.4 Å². The Balaban J connectivity index is 1.13. The molecule has 0 aliphatic carbocycles. The maximum Gasteiger partial charge on any atom is 0.246 e. The number of aryl methyl sites for hydroxylation is 1. The number of carbonyl (C=O) groups is 2. The molecule has 8 heteroatoms. The lowest BCUT2D eigenvalue weighted by molar-refractivity contribution is -0.127. The number of hydrogen-bond donors (Lipinski definition) is 1. The van der Waals surface area contributed by atoms with Crippen molar-refractivity contribution in [3.05, 3.63) is 65.7 Å². The van der Waals surface area contributed by atoms with Crippen LogP contribution in [0.5, 0.6) is 0 Å². The van der Waals surface area contributed by atoms with Crippen molar-refractivity contribution in [1.82, 2.24) is 20.0 Å². The Morgan fingerprint density at radius 2 is 2.00 bits per heavy atom. The Kier molecular flexibility index (Phi) is 5.97. The monoisotopic (exact) mass is 443 g/mol. The quantitative estimate of drug-likeness (QED) is 0.606. The van der Waals surface area contributed by atoms with Gasteiger partial charge in [-0.25, -0.2) is 4.98 Å². The lowest BCUT2D eigenvalue weighted by Crippen LogP contribution is -2.38. The topological polar surface area (TPSA) is 101 Å². The summed E-state index contributed by atoms with van der Waals surface area (Å²) < 4.78 is 5.45. The van der Waals surface area contributed by atoms with E-state index in [-0.39, 0.29) is 11.8 Å². The third-order valence-corrected chi connectivity index (χ3v) is 6.17. The highest BCUT2D eigenvalue weighted by Crippen LogP contribution is 2.24. The number of piperidine rings is 1. The van der Waals surface area contributed by atoms with Crippen LogP contribution in [0.25, 0.3) is 17.5 Å². The fraction of sp³-hybridized carbons (Fsp3) is 0.320. The summed E-state index contributed by atoms with van der Waals surface area (Å²) in [5, 5.41) is 6.86. The van der Waals surface area contributed by atoms with E-state index in [0.717, 1.165) is 36.0 Å². The van der Waals surface area contributed by atoms with E-state index in [2.05, 4.69) is 20.4 Å². The van der Waals surface area contributed by atoms with E-state index in [4.69, 9.17) is 4.52 Å². The first-order valence-corrected chi connectivity index (χ1v) is 11.3. The van der Waals surface area contributed by atoms with Crippen LogP contribution in [0.1, 0.15) is 36.3 Å². The number of pyridine rings is 1. The number of hydrogen-bond acceptors (Lipinski definition) is 6. The molecule has 4 heterocycles. The molecule has 2 aliphatic rings. The molecule has 0 saturated carbocycles. The summed E-state index contributed by atoms with van der Waals surface area (Å²) in [5.41, 5.74) is 2.80. The van der Waals surface area contributed by atoms with Gasteiger partial charge in [0.15, 0.2) is 0 Å². The molecule has 1 N–H and O–H groups in total. The summed E-state index contributed by atoms with van der Waals surface area (Å²) in [6, 6.07) is 11.8. The Morgan fingerprint density at radius 3 is 2.82 bits per heavy atom. The minimum absolute atomic E-state index is 0.00336. The number of anilines is 1. The molecule has 0 atom stereocenters. The van der Waals surface area contributed by atoms with Crippen molar-refractivity contribution in [2.24, 2.45) is 5.92 Å². The molecular weight excluding hydrogens is 418 g/mol. The average Bonchev–Trinajstić information content (AvgIpc) is 3.32. The highest BCUT2D eigenvalue weighted by molar-refractivity contribution is 5.93. The molecule has 0 unspecified atom stereocenters. The minimum Gasteiger partial charge on any atom is -0.339 e. The second kappa shape index (κ2) is 9.36. The summed E-state index contributed by atoms with van der Waals surface area (Å²) in [6.07, 6.45) is 8.75. The van der Waals surface area contributed by atoms with Crippen LogP contribution in [-0.4, -0.2) is 44.9 Å². The normalized spacial score (nSPS) is 16.6. The van der Waals surface area contributed by atoms with E-state index in [1.54, 1.807) is 18.3 Å². The smallest absolute Gasteiger partial charge is 0.246 e. The summed E-state index contributed by atoms with van der Waals surface area (Å²) in [6.45, 7) is 1.42. The van der Waals surface area contributed by atoms with Crippen molar-refractivity contribution >= 4 is 23.7 Å². The van der Waals surface area contributed by atoms with Gasteiger partial charge < -0.3 is 14.7 Å². The Labute approximate surface area is 191 Å². The lowest BCUT2D eigenvalue weighted by atomic mass is 9.93. The molecule has 0 radical (unpaired) electrons. The summed E-state index contributed by atoms with van der Waals surface area (Å²) >= 11 is 0. The molecule has 1 fully saturated rings. The summed E-state index contributed by atoms with van der Waals surface area (Å²) in [7, 11) is 0. The molecule has 1 saturated heterocycles. The second-order valence-electron chi connectivity index (χ2n) is 8.51. The number of rotatable bonds is 5. The van der Waals surface area contributed by atoms with Crippen LogP contribution < -0.4 is 5.32 Å². The molecule has 0 spiro atoms. The van der Waals surface area contributed by atoms with Crippen LogP contribution in [-0.2, 0) is 22.4 Å². The molecule has 0 bridgehead atoms. The van der Waals surface area contributed by atoms with E-state index < -0.39 is 0 Å². The van der Waals surface area contributed by atoms with Crippen LogP contribution in [0.2, 0.25) is 0 Å². The van der Waals surface area contributed by atoms with Crippen LogP contribution >= 0.6 is 0 Å².